The Hall–Kier alpha value is -2.14. The third-order valence-corrected chi connectivity index (χ3v) is 3.32. The molecular weight excluding hydrogens is 275 g/mol. The first-order valence-corrected chi connectivity index (χ1v) is 6.52. The maximum atomic E-state index is 12.8. The average molecular weight is 290 g/mol. The summed E-state index contributed by atoms with van der Waals surface area (Å²) in [6.45, 7) is 0.529. The molecule has 3 nitrogen and oxygen atoms in total. The molecule has 0 unspecified atom stereocenters. The van der Waals surface area contributed by atoms with Crippen molar-refractivity contribution in [1.29, 1.82) is 0 Å². The quantitative estimate of drug-likeness (QED) is 0.852. The van der Waals surface area contributed by atoms with E-state index >= 15 is 0 Å². The number of thiocarbonyl (C=S) groups is 1. The van der Waals surface area contributed by atoms with E-state index in [0.717, 1.165) is 11.3 Å². The van der Waals surface area contributed by atoms with Gasteiger partial charge in [-0.2, -0.15) is 0 Å². The molecule has 0 amide bonds. The highest BCUT2D eigenvalue weighted by atomic mass is 32.1. The number of anilines is 1. The zero-order chi connectivity index (χ0) is 14.5. The molecule has 0 aliphatic heterocycles. The van der Waals surface area contributed by atoms with Crippen molar-refractivity contribution >= 4 is 23.0 Å². The van der Waals surface area contributed by atoms with E-state index in [1.54, 1.807) is 41.3 Å². The topological polar surface area (TPSA) is 35.5 Å². The van der Waals surface area contributed by atoms with Crippen LogP contribution in [0.5, 0.6) is 5.75 Å². The minimum atomic E-state index is -0.252. The fraction of sp³-hybridized carbons (Fsp3) is 0.133. The fourth-order valence-electron chi connectivity index (χ4n) is 1.69. The number of hydrogen-bond donors (Lipinski definition) is 2. The fourth-order valence-corrected chi connectivity index (χ4v) is 1.87. The molecule has 0 aliphatic carbocycles. The Morgan fingerprint density at radius 3 is 2.35 bits per heavy atom. The lowest BCUT2D eigenvalue weighted by atomic mass is 10.2. The molecule has 0 atom stereocenters. The summed E-state index contributed by atoms with van der Waals surface area (Å²) < 4.78 is 12.8. The van der Waals surface area contributed by atoms with Gasteiger partial charge < -0.3 is 15.3 Å². The molecule has 2 N–H and O–H groups in total. The van der Waals surface area contributed by atoms with Gasteiger partial charge in [-0.1, -0.05) is 12.1 Å². The normalized spacial score (nSPS) is 10.1. The predicted molar refractivity (Wildman–Crippen MR) is 82.3 cm³/mol. The van der Waals surface area contributed by atoms with Crippen LogP contribution in [-0.4, -0.2) is 17.3 Å². The van der Waals surface area contributed by atoms with E-state index in [1.165, 1.54) is 12.1 Å². The molecule has 0 fully saturated rings. The number of rotatable bonds is 3. The molecule has 20 heavy (non-hydrogen) atoms. The molecular formula is C15H15FN2OS. The molecule has 0 saturated heterocycles. The van der Waals surface area contributed by atoms with Crippen molar-refractivity contribution < 1.29 is 9.50 Å². The molecule has 0 aromatic heterocycles. The summed E-state index contributed by atoms with van der Waals surface area (Å²) >= 11 is 5.29. The van der Waals surface area contributed by atoms with Gasteiger partial charge in [-0.25, -0.2) is 4.39 Å². The predicted octanol–water partition coefficient (Wildman–Crippen LogP) is 3.04. The third kappa shape index (κ3) is 3.68. The highest BCUT2D eigenvalue weighted by Crippen LogP contribution is 2.17. The lowest BCUT2D eigenvalue weighted by Gasteiger charge is -2.21. The Bertz CT molecular complexity index is 584. The maximum absolute atomic E-state index is 12.8. The molecule has 0 bridgehead atoms. The number of phenolic OH excluding ortho intramolecular Hbond substituents is 1. The van der Waals surface area contributed by atoms with Crippen molar-refractivity contribution in [3.05, 3.63) is 59.9 Å². The van der Waals surface area contributed by atoms with Crippen LogP contribution >= 0.6 is 12.2 Å². The zero-order valence-corrected chi connectivity index (χ0v) is 11.8. The van der Waals surface area contributed by atoms with Gasteiger partial charge in [-0.3, -0.25) is 0 Å². The highest BCUT2D eigenvalue weighted by Gasteiger charge is 2.06. The van der Waals surface area contributed by atoms with Crippen LogP contribution in [0.2, 0.25) is 0 Å². The molecule has 0 radical (unpaired) electrons. The molecule has 5 heteroatoms. The van der Waals surface area contributed by atoms with Crippen molar-refractivity contribution in [3.63, 3.8) is 0 Å². The van der Waals surface area contributed by atoms with Crippen molar-refractivity contribution in [2.45, 2.75) is 6.54 Å². The molecule has 0 spiro atoms. The summed E-state index contributed by atoms with van der Waals surface area (Å²) in [6.07, 6.45) is 0. The van der Waals surface area contributed by atoms with Gasteiger partial charge in [0, 0.05) is 19.3 Å². The minimum Gasteiger partial charge on any atom is -0.508 e. The van der Waals surface area contributed by atoms with Crippen LogP contribution in [0.3, 0.4) is 0 Å². The van der Waals surface area contributed by atoms with Crippen molar-refractivity contribution in [1.82, 2.24) is 5.32 Å². The van der Waals surface area contributed by atoms with E-state index in [4.69, 9.17) is 12.2 Å². The number of hydrogen-bond acceptors (Lipinski definition) is 2. The third-order valence-electron chi connectivity index (χ3n) is 2.90. The summed E-state index contributed by atoms with van der Waals surface area (Å²) in [5.74, 6) is -0.0372. The SMILES string of the molecule is CN(C(=S)NCc1ccc(F)cc1)c1ccc(O)cc1. The lowest BCUT2D eigenvalue weighted by Crippen LogP contribution is -2.36. The Balaban J connectivity index is 1.94. The van der Waals surface area contributed by atoms with Crippen molar-refractivity contribution in [2.75, 3.05) is 11.9 Å². The van der Waals surface area contributed by atoms with Gasteiger partial charge in [0.1, 0.15) is 11.6 Å². The second-order valence-electron chi connectivity index (χ2n) is 4.36. The number of aromatic hydroxyl groups is 1. The zero-order valence-electron chi connectivity index (χ0n) is 11.0. The van der Waals surface area contributed by atoms with Gasteiger partial charge in [-0.15, -0.1) is 0 Å². The van der Waals surface area contributed by atoms with E-state index in [2.05, 4.69) is 5.32 Å². The molecule has 2 aromatic carbocycles. The number of benzene rings is 2. The summed E-state index contributed by atoms with van der Waals surface area (Å²) in [6, 6.07) is 13.0. The Morgan fingerprint density at radius 1 is 1.15 bits per heavy atom. The van der Waals surface area contributed by atoms with Crippen molar-refractivity contribution in [3.8, 4) is 5.75 Å². The highest BCUT2D eigenvalue weighted by molar-refractivity contribution is 7.80. The van der Waals surface area contributed by atoms with Gasteiger partial charge in [0.25, 0.3) is 0 Å². The summed E-state index contributed by atoms with van der Waals surface area (Å²) in [5.41, 5.74) is 1.83. The molecule has 0 saturated carbocycles. The first-order valence-electron chi connectivity index (χ1n) is 6.11. The minimum absolute atomic E-state index is 0.215. The van der Waals surface area contributed by atoms with Gasteiger partial charge in [0.2, 0.25) is 0 Å². The van der Waals surface area contributed by atoms with Gasteiger partial charge >= 0.3 is 0 Å². The standard InChI is InChI=1S/C15H15FN2OS/c1-18(13-6-8-14(19)9-7-13)15(20)17-10-11-2-4-12(16)5-3-11/h2-9,19H,10H2,1H3,(H,17,20). The van der Waals surface area contributed by atoms with E-state index in [-0.39, 0.29) is 11.6 Å². The molecule has 0 heterocycles. The summed E-state index contributed by atoms with van der Waals surface area (Å²) in [7, 11) is 1.84. The Labute approximate surface area is 122 Å². The van der Waals surface area contributed by atoms with Gasteiger partial charge in [-0.05, 0) is 54.2 Å². The number of halogens is 1. The van der Waals surface area contributed by atoms with Crippen LogP contribution in [-0.2, 0) is 6.54 Å². The lowest BCUT2D eigenvalue weighted by molar-refractivity contribution is 0.475. The number of nitrogens with one attached hydrogen (secondary N) is 1. The smallest absolute Gasteiger partial charge is 0.173 e. The van der Waals surface area contributed by atoms with Gasteiger partial charge in [0.05, 0.1) is 0 Å². The Morgan fingerprint density at radius 2 is 1.75 bits per heavy atom. The van der Waals surface area contributed by atoms with E-state index in [0.29, 0.717) is 11.7 Å². The molecule has 104 valence electrons. The van der Waals surface area contributed by atoms with Crippen molar-refractivity contribution in [2.24, 2.45) is 0 Å². The van der Waals surface area contributed by atoms with E-state index < -0.39 is 0 Å². The van der Waals surface area contributed by atoms with E-state index in [9.17, 15) is 9.50 Å². The number of nitrogens with zero attached hydrogens (tertiary/aromatic N) is 1. The largest absolute Gasteiger partial charge is 0.508 e. The van der Waals surface area contributed by atoms with E-state index in [1.807, 2.05) is 7.05 Å². The molecule has 2 rings (SSSR count). The van der Waals surface area contributed by atoms with Gasteiger partial charge in [0.15, 0.2) is 5.11 Å². The second-order valence-corrected chi connectivity index (χ2v) is 4.75. The average Bonchev–Trinajstić information content (AvgIpc) is 2.46. The first kappa shape index (κ1) is 14.3. The summed E-state index contributed by atoms with van der Waals surface area (Å²) in [5, 5.41) is 12.9. The monoisotopic (exact) mass is 290 g/mol. The van der Waals surface area contributed by atoms with Crippen LogP contribution in [0.4, 0.5) is 10.1 Å². The van der Waals surface area contributed by atoms with Crippen LogP contribution in [0.1, 0.15) is 5.56 Å². The van der Waals surface area contributed by atoms with Crippen LogP contribution in [0.15, 0.2) is 48.5 Å². The second kappa shape index (κ2) is 6.34. The van der Waals surface area contributed by atoms with Crippen LogP contribution < -0.4 is 10.2 Å². The Kier molecular flexibility index (Phi) is 4.53. The maximum Gasteiger partial charge on any atom is 0.173 e. The van der Waals surface area contributed by atoms with Crippen LogP contribution in [0, 0.1) is 5.82 Å². The first-order chi connectivity index (χ1) is 9.56. The van der Waals surface area contributed by atoms with Crippen LogP contribution in [0.25, 0.3) is 0 Å². The summed E-state index contributed by atoms with van der Waals surface area (Å²) in [4.78, 5) is 1.80. The number of phenols is 1. The molecule has 0 aliphatic rings. The molecule has 2 aromatic rings.